The van der Waals surface area contributed by atoms with Crippen LogP contribution in [0.2, 0.25) is 0 Å². The Morgan fingerprint density at radius 3 is 1.90 bits per heavy atom. The van der Waals surface area contributed by atoms with Gasteiger partial charge in [-0.05, 0) is 19.9 Å². The van der Waals surface area contributed by atoms with Crippen LogP contribution in [0, 0.1) is 6.92 Å². The van der Waals surface area contributed by atoms with Gasteiger partial charge in [-0.15, -0.1) is 0 Å². The zero-order chi connectivity index (χ0) is 15.9. The second-order valence-electron chi connectivity index (χ2n) is 4.38. The van der Waals surface area contributed by atoms with Crippen LogP contribution in [-0.4, -0.2) is 18.4 Å². The Morgan fingerprint density at radius 1 is 1.05 bits per heavy atom. The monoisotopic (exact) mass is 302 g/mol. The van der Waals surface area contributed by atoms with Gasteiger partial charge in [-0.3, -0.25) is 0 Å². The van der Waals surface area contributed by atoms with E-state index in [2.05, 4.69) is 4.74 Å². The Kier molecular flexibility index (Phi) is 4.02. The minimum atomic E-state index is -5.24. The Hall–Kier alpha value is -1.44. The van der Waals surface area contributed by atoms with E-state index in [1.165, 1.54) is 0 Å². The quantitative estimate of drug-likeness (QED) is 0.842. The highest BCUT2D eigenvalue weighted by Gasteiger charge is 2.55. The number of hydrogen-bond acceptors (Lipinski definition) is 2. The molecule has 2 nitrogen and oxygen atoms in total. The fraction of sp³-hybridized carbons (Fsp3) is 0.500. The molecule has 0 radical (unpaired) electrons. The number of halogens is 6. The van der Waals surface area contributed by atoms with E-state index in [9.17, 15) is 31.4 Å². The fourth-order valence-electron chi connectivity index (χ4n) is 1.84. The smallest absolute Gasteiger partial charge is 0.421 e. The van der Waals surface area contributed by atoms with Gasteiger partial charge in [-0.1, -0.05) is 6.07 Å². The Bertz CT molecular complexity index is 502. The van der Waals surface area contributed by atoms with Crippen LogP contribution in [0.15, 0.2) is 12.1 Å². The van der Waals surface area contributed by atoms with Crippen LogP contribution in [0.25, 0.3) is 0 Å². The van der Waals surface area contributed by atoms with Gasteiger partial charge >= 0.3 is 12.4 Å². The average molecular weight is 302 g/mol. The first-order chi connectivity index (χ1) is 8.84. The number of alkyl halides is 6. The van der Waals surface area contributed by atoms with E-state index in [0.29, 0.717) is 6.07 Å². The van der Waals surface area contributed by atoms with Crippen LogP contribution in [-0.2, 0) is 11.8 Å². The van der Waals surface area contributed by atoms with Gasteiger partial charge in [0, 0.05) is 11.1 Å². The largest absolute Gasteiger partial charge is 0.496 e. The van der Waals surface area contributed by atoms with E-state index in [0.717, 1.165) is 20.1 Å². The van der Waals surface area contributed by atoms with Gasteiger partial charge in [0.05, 0.1) is 12.7 Å². The molecule has 1 atom stereocenters. The highest BCUT2D eigenvalue weighted by atomic mass is 19.4. The van der Waals surface area contributed by atoms with Gasteiger partial charge in [0.25, 0.3) is 0 Å². The van der Waals surface area contributed by atoms with Crippen molar-refractivity contribution < 1.29 is 36.2 Å². The minimum absolute atomic E-state index is 0.209. The highest BCUT2D eigenvalue weighted by molar-refractivity contribution is 5.48. The molecule has 0 fully saturated rings. The maximum Gasteiger partial charge on any atom is 0.421 e. The van der Waals surface area contributed by atoms with Crippen molar-refractivity contribution >= 4 is 0 Å². The van der Waals surface area contributed by atoms with Crippen molar-refractivity contribution in [2.75, 3.05) is 7.11 Å². The summed E-state index contributed by atoms with van der Waals surface area (Å²) in [6.45, 7) is 1.26. The minimum Gasteiger partial charge on any atom is -0.496 e. The summed E-state index contributed by atoms with van der Waals surface area (Å²) >= 11 is 0. The van der Waals surface area contributed by atoms with Crippen molar-refractivity contribution in [3.05, 3.63) is 28.8 Å². The van der Waals surface area contributed by atoms with Crippen LogP contribution >= 0.6 is 0 Å². The fourth-order valence-corrected chi connectivity index (χ4v) is 1.84. The standard InChI is InChI=1S/C12H12F6O2/c1-6-8(20-3)5-4-7(9(6)11(13,14)15)10(2,19)12(16,17)18/h4-5,19H,1-3H3. The van der Waals surface area contributed by atoms with Gasteiger partial charge in [0.2, 0.25) is 0 Å². The highest BCUT2D eigenvalue weighted by Crippen LogP contribution is 2.46. The molecular formula is C12H12F6O2. The molecule has 0 bridgehead atoms. The molecule has 0 aliphatic carbocycles. The van der Waals surface area contributed by atoms with Crippen molar-refractivity contribution in [1.29, 1.82) is 0 Å². The normalized spacial score (nSPS) is 15.9. The topological polar surface area (TPSA) is 29.5 Å². The molecule has 0 amide bonds. The van der Waals surface area contributed by atoms with E-state index in [4.69, 9.17) is 0 Å². The van der Waals surface area contributed by atoms with Gasteiger partial charge in [-0.25, -0.2) is 0 Å². The van der Waals surface area contributed by atoms with Gasteiger partial charge < -0.3 is 9.84 Å². The third kappa shape index (κ3) is 2.70. The Balaban J connectivity index is 3.69. The van der Waals surface area contributed by atoms with Crippen LogP contribution in [0.5, 0.6) is 5.75 Å². The Morgan fingerprint density at radius 2 is 1.55 bits per heavy atom. The number of benzene rings is 1. The molecule has 1 rings (SSSR count). The average Bonchev–Trinajstić information content (AvgIpc) is 2.25. The summed E-state index contributed by atoms with van der Waals surface area (Å²) in [5.41, 5.74) is -6.92. The maximum absolute atomic E-state index is 13.0. The van der Waals surface area contributed by atoms with E-state index in [1.807, 2.05) is 0 Å². The van der Waals surface area contributed by atoms with Crippen molar-refractivity contribution in [3.63, 3.8) is 0 Å². The van der Waals surface area contributed by atoms with Crippen LogP contribution in [0.1, 0.15) is 23.6 Å². The van der Waals surface area contributed by atoms with Gasteiger partial charge in [0.1, 0.15) is 5.75 Å². The number of methoxy groups -OCH3 is 1. The molecule has 1 aromatic carbocycles. The van der Waals surface area contributed by atoms with E-state index in [-0.39, 0.29) is 12.7 Å². The molecule has 8 heteroatoms. The van der Waals surface area contributed by atoms with Crippen molar-refractivity contribution in [1.82, 2.24) is 0 Å². The second kappa shape index (κ2) is 4.83. The lowest BCUT2D eigenvalue weighted by atomic mass is 9.87. The molecule has 0 spiro atoms. The molecule has 1 unspecified atom stereocenters. The molecule has 1 aromatic rings. The molecule has 0 aromatic heterocycles. The number of rotatable bonds is 2. The number of ether oxygens (including phenoxy) is 1. The van der Waals surface area contributed by atoms with E-state index in [1.54, 1.807) is 0 Å². The molecule has 0 aliphatic heterocycles. The summed E-state index contributed by atoms with van der Waals surface area (Å²) in [6, 6.07) is 1.53. The second-order valence-corrected chi connectivity index (χ2v) is 4.38. The van der Waals surface area contributed by atoms with Crippen LogP contribution < -0.4 is 4.74 Å². The van der Waals surface area contributed by atoms with Crippen molar-refractivity contribution in [2.24, 2.45) is 0 Å². The predicted octanol–water partition coefficient (Wildman–Crippen LogP) is 3.79. The molecule has 20 heavy (non-hydrogen) atoms. The molecule has 0 heterocycles. The van der Waals surface area contributed by atoms with Crippen molar-refractivity contribution in [3.8, 4) is 5.75 Å². The SMILES string of the molecule is COc1ccc(C(C)(O)C(F)(F)F)c(C(F)(F)F)c1C. The molecular weight excluding hydrogens is 290 g/mol. The lowest BCUT2D eigenvalue weighted by Crippen LogP contribution is -2.41. The third-order valence-electron chi connectivity index (χ3n) is 3.00. The maximum atomic E-state index is 13.0. The summed E-state index contributed by atoms with van der Waals surface area (Å²) in [5, 5.41) is 9.49. The summed E-state index contributed by atoms with van der Waals surface area (Å²) in [6.07, 6.45) is -10.3. The summed E-state index contributed by atoms with van der Waals surface area (Å²) in [7, 11) is 1.10. The molecule has 0 saturated carbocycles. The summed E-state index contributed by atoms with van der Waals surface area (Å²) in [5.74, 6) is -0.209. The van der Waals surface area contributed by atoms with Gasteiger partial charge in [-0.2, -0.15) is 26.3 Å². The van der Waals surface area contributed by atoms with Crippen LogP contribution in [0.4, 0.5) is 26.3 Å². The third-order valence-corrected chi connectivity index (χ3v) is 3.00. The van der Waals surface area contributed by atoms with Crippen molar-refractivity contribution in [2.45, 2.75) is 31.8 Å². The predicted molar refractivity (Wildman–Crippen MR) is 58.4 cm³/mol. The first-order valence-corrected chi connectivity index (χ1v) is 5.38. The summed E-state index contributed by atoms with van der Waals surface area (Å²) < 4.78 is 82.0. The van der Waals surface area contributed by atoms with Crippen LogP contribution in [0.3, 0.4) is 0 Å². The number of aliphatic hydroxyl groups is 1. The summed E-state index contributed by atoms with van der Waals surface area (Å²) in [4.78, 5) is 0. The molecule has 0 aliphatic rings. The van der Waals surface area contributed by atoms with Gasteiger partial charge in [0.15, 0.2) is 5.60 Å². The molecule has 0 saturated heterocycles. The lowest BCUT2D eigenvalue weighted by molar-refractivity contribution is -0.260. The molecule has 114 valence electrons. The Labute approximate surface area is 111 Å². The zero-order valence-electron chi connectivity index (χ0n) is 10.8. The zero-order valence-corrected chi connectivity index (χ0v) is 10.8. The van der Waals surface area contributed by atoms with E-state index < -0.39 is 34.6 Å². The number of hydrogen-bond donors (Lipinski definition) is 1. The first-order valence-electron chi connectivity index (χ1n) is 5.38. The molecule has 1 N–H and O–H groups in total. The van der Waals surface area contributed by atoms with E-state index >= 15 is 0 Å². The first kappa shape index (κ1) is 16.6. The lowest BCUT2D eigenvalue weighted by Gasteiger charge is -2.30.